The molecule has 1 aromatic heterocycles. The SMILES string of the molecule is COc1ccccc1-c1ccc(NCC2CCCCO2)nn1. The Morgan fingerprint density at radius 2 is 2.09 bits per heavy atom. The second-order valence-electron chi connectivity index (χ2n) is 5.37. The summed E-state index contributed by atoms with van der Waals surface area (Å²) >= 11 is 0. The van der Waals surface area contributed by atoms with Gasteiger partial charge in [0, 0.05) is 18.7 Å². The van der Waals surface area contributed by atoms with E-state index in [2.05, 4.69) is 15.5 Å². The maximum absolute atomic E-state index is 5.70. The Labute approximate surface area is 130 Å². The van der Waals surface area contributed by atoms with Gasteiger partial charge in [-0.25, -0.2) is 0 Å². The van der Waals surface area contributed by atoms with Crippen LogP contribution in [-0.2, 0) is 4.74 Å². The number of rotatable bonds is 5. The molecule has 5 nitrogen and oxygen atoms in total. The molecule has 0 amide bonds. The summed E-state index contributed by atoms with van der Waals surface area (Å²) in [6.07, 6.45) is 3.80. The Morgan fingerprint density at radius 3 is 2.82 bits per heavy atom. The van der Waals surface area contributed by atoms with Gasteiger partial charge < -0.3 is 14.8 Å². The van der Waals surface area contributed by atoms with Crippen LogP contribution in [0.2, 0.25) is 0 Å². The number of benzene rings is 1. The lowest BCUT2D eigenvalue weighted by molar-refractivity contribution is 0.0247. The van der Waals surface area contributed by atoms with Gasteiger partial charge in [-0.05, 0) is 43.5 Å². The summed E-state index contributed by atoms with van der Waals surface area (Å²) in [6, 6.07) is 11.7. The second kappa shape index (κ2) is 7.22. The lowest BCUT2D eigenvalue weighted by Gasteiger charge is -2.22. The van der Waals surface area contributed by atoms with Gasteiger partial charge in [0.15, 0.2) is 0 Å². The second-order valence-corrected chi connectivity index (χ2v) is 5.37. The highest BCUT2D eigenvalue weighted by molar-refractivity contribution is 5.67. The maximum atomic E-state index is 5.70. The first-order valence-electron chi connectivity index (χ1n) is 7.69. The lowest BCUT2D eigenvalue weighted by Crippen LogP contribution is -2.27. The molecule has 1 fully saturated rings. The molecule has 0 saturated carbocycles. The summed E-state index contributed by atoms with van der Waals surface area (Å²) < 4.78 is 11.1. The summed E-state index contributed by atoms with van der Waals surface area (Å²) in [5, 5.41) is 11.8. The van der Waals surface area contributed by atoms with Gasteiger partial charge in [-0.3, -0.25) is 0 Å². The van der Waals surface area contributed by atoms with Gasteiger partial charge in [-0.15, -0.1) is 10.2 Å². The Hall–Kier alpha value is -2.14. The zero-order valence-electron chi connectivity index (χ0n) is 12.8. The number of aromatic nitrogens is 2. The summed E-state index contributed by atoms with van der Waals surface area (Å²) in [4.78, 5) is 0. The summed E-state index contributed by atoms with van der Waals surface area (Å²) in [7, 11) is 1.66. The van der Waals surface area contributed by atoms with E-state index in [0.29, 0.717) is 0 Å². The van der Waals surface area contributed by atoms with Crippen LogP contribution >= 0.6 is 0 Å². The predicted octanol–water partition coefficient (Wildman–Crippen LogP) is 3.13. The minimum atomic E-state index is 0.282. The molecule has 2 heterocycles. The normalized spacial score (nSPS) is 18.0. The number of anilines is 1. The monoisotopic (exact) mass is 299 g/mol. The van der Waals surface area contributed by atoms with Gasteiger partial charge in [0.1, 0.15) is 11.6 Å². The van der Waals surface area contributed by atoms with E-state index in [1.165, 1.54) is 12.8 Å². The molecule has 0 spiro atoms. The van der Waals surface area contributed by atoms with E-state index in [4.69, 9.17) is 9.47 Å². The van der Waals surface area contributed by atoms with E-state index in [0.717, 1.165) is 42.4 Å². The molecule has 1 aromatic carbocycles. The number of nitrogens with one attached hydrogen (secondary N) is 1. The summed E-state index contributed by atoms with van der Waals surface area (Å²) in [5.74, 6) is 1.57. The third kappa shape index (κ3) is 3.54. The quantitative estimate of drug-likeness (QED) is 0.919. The molecule has 116 valence electrons. The average molecular weight is 299 g/mol. The molecule has 1 aliphatic rings. The number of hydrogen-bond acceptors (Lipinski definition) is 5. The standard InChI is InChI=1S/C17H21N3O2/c1-21-16-8-3-2-7-14(16)15-9-10-17(20-19-15)18-12-13-6-4-5-11-22-13/h2-3,7-10,13H,4-6,11-12H2,1H3,(H,18,20). The fourth-order valence-electron chi connectivity index (χ4n) is 2.61. The van der Waals surface area contributed by atoms with Crippen molar-refractivity contribution in [1.82, 2.24) is 10.2 Å². The molecule has 0 radical (unpaired) electrons. The number of ether oxygens (including phenoxy) is 2. The van der Waals surface area contributed by atoms with E-state index in [1.807, 2.05) is 36.4 Å². The fourth-order valence-corrected chi connectivity index (χ4v) is 2.61. The van der Waals surface area contributed by atoms with Crippen molar-refractivity contribution in [2.24, 2.45) is 0 Å². The number of nitrogens with zero attached hydrogens (tertiary/aromatic N) is 2. The van der Waals surface area contributed by atoms with Crippen molar-refractivity contribution in [2.45, 2.75) is 25.4 Å². The Balaban J connectivity index is 1.64. The molecule has 1 unspecified atom stereocenters. The van der Waals surface area contributed by atoms with E-state index in [9.17, 15) is 0 Å². The Morgan fingerprint density at radius 1 is 1.18 bits per heavy atom. The van der Waals surface area contributed by atoms with Crippen molar-refractivity contribution in [1.29, 1.82) is 0 Å². The fraction of sp³-hybridized carbons (Fsp3) is 0.412. The van der Waals surface area contributed by atoms with Crippen LogP contribution in [0.4, 0.5) is 5.82 Å². The van der Waals surface area contributed by atoms with Gasteiger partial charge in [0.25, 0.3) is 0 Å². The van der Waals surface area contributed by atoms with Crippen molar-refractivity contribution >= 4 is 5.82 Å². The van der Waals surface area contributed by atoms with Crippen LogP contribution in [0.5, 0.6) is 5.75 Å². The van der Waals surface area contributed by atoms with Crippen LogP contribution in [0, 0.1) is 0 Å². The van der Waals surface area contributed by atoms with Gasteiger partial charge in [0.2, 0.25) is 0 Å². The molecule has 0 aliphatic carbocycles. The first kappa shape index (κ1) is 14.8. The minimum Gasteiger partial charge on any atom is -0.496 e. The number of methoxy groups -OCH3 is 1. The predicted molar refractivity (Wildman–Crippen MR) is 86.1 cm³/mol. The molecule has 1 N–H and O–H groups in total. The van der Waals surface area contributed by atoms with Crippen LogP contribution in [0.15, 0.2) is 36.4 Å². The van der Waals surface area contributed by atoms with Crippen molar-refractivity contribution in [2.75, 3.05) is 25.6 Å². The zero-order chi connectivity index (χ0) is 15.2. The highest BCUT2D eigenvalue weighted by Gasteiger charge is 2.13. The summed E-state index contributed by atoms with van der Waals surface area (Å²) in [6.45, 7) is 1.65. The smallest absolute Gasteiger partial charge is 0.148 e. The number of hydrogen-bond donors (Lipinski definition) is 1. The third-order valence-electron chi connectivity index (χ3n) is 3.83. The van der Waals surface area contributed by atoms with Crippen LogP contribution < -0.4 is 10.1 Å². The molecule has 2 aromatic rings. The Bertz CT molecular complexity index is 595. The molecular weight excluding hydrogens is 278 g/mol. The number of para-hydroxylation sites is 1. The molecule has 0 bridgehead atoms. The molecule has 22 heavy (non-hydrogen) atoms. The molecule has 5 heteroatoms. The molecule has 3 rings (SSSR count). The van der Waals surface area contributed by atoms with E-state index in [-0.39, 0.29) is 6.10 Å². The third-order valence-corrected chi connectivity index (χ3v) is 3.83. The molecular formula is C17H21N3O2. The van der Waals surface area contributed by atoms with Gasteiger partial charge in [-0.1, -0.05) is 12.1 Å². The van der Waals surface area contributed by atoms with Crippen LogP contribution in [0.1, 0.15) is 19.3 Å². The van der Waals surface area contributed by atoms with Crippen molar-refractivity contribution in [3.63, 3.8) is 0 Å². The van der Waals surface area contributed by atoms with Crippen LogP contribution in [0.25, 0.3) is 11.3 Å². The molecule has 1 saturated heterocycles. The average Bonchev–Trinajstić information content (AvgIpc) is 2.61. The van der Waals surface area contributed by atoms with Gasteiger partial charge in [0.05, 0.1) is 18.9 Å². The zero-order valence-corrected chi connectivity index (χ0v) is 12.8. The first-order chi connectivity index (χ1) is 10.9. The topological polar surface area (TPSA) is 56.3 Å². The van der Waals surface area contributed by atoms with Crippen molar-refractivity contribution in [3.8, 4) is 17.0 Å². The highest BCUT2D eigenvalue weighted by atomic mass is 16.5. The van der Waals surface area contributed by atoms with E-state index >= 15 is 0 Å². The largest absolute Gasteiger partial charge is 0.496 e. The lowest BCUT2D eigenvalue weighted by atomic mass is 10.1. The van der Waals surface area contributed by atoms with Crippen LogP contribution in [0.3, 0.4) is 0 Å². The van der Waals surface area contributed by atoms with Crippen molar-refractivity contribution < 1.29 is 9.47 Å². The summed E-state index contributed by atoms with van der Waals surface area (Å²) in [5.41, 5.74) is 1.75. The minimum absolute atomic E-state index is 0.282. The van der Waals surface area contributed by atoms with Crippen LogP contribution in [-0.4, -0.2) is 36.6 Å². The maximum Gasteiger partial charge on any atom is 0.148 e. The van der Waals surface area contributed by atoms with E-state index < -0.39 is 0 Å². The Kier molecular flexibility index (Phi) is 4.85. The van der Waals surface area contributed by atoms with E-state index in [1.54, 1.807) is 7.11 Å². The highest BCUT2D eigenvalue weighted by Crippen LogP contribution is 2.27. The van der Waals surface area contributed by atoms with Gasteiger partial charge >= 0.3 is 0 Å². The molecule has 1 atom stereocenters. The first-order valence-corrected chi connectivity index (χ1v) is 7.69. The van der Waals surface area contributed by atoms with Crippen molar-refractivity contribution in [3.05, 3.63) is 36.4 Å². The molecule has 1 aliphatic heterocycles. The van der Waals surface area contributed by atoms with Gasteiger partial charge in [-0.2, -0.15) is 0 Å².